The Hall–Kier alpha value is -2.62. The van der Waals surface area contributed by atoms with Crippen molar-refractivity contribution in [3.63, 3.8) is 0 Å². The van der Waals surface area contributed by atoms with Crippen LogP contribution >= 0.6 is 0 Å². The van der Waals surface area contributed by atoms with Gasteiger partial charge in [0.2, 0.25) is 0 Å². The molecule has 0 aliphatic carbocycles. The molecule has 4 nitrogen and oxygen atoms in total. The number of carbonyl (C=O) groups is 1. The predicted molar refractivity (Wildman–Crippen MR) is 78.1 cm³/mol. The highest BCUT2D eigenvalue weighted by Crippen LogP contribution is 2.25. The van der Waals surface area contributed by atoms with E-state index in [-0.39, 0.29) is 0 Å². The molecule has 1 heterocycles. The average Bonchev–Trinajstić information content (AvgIpc) is 2.84. The number of fused-ring (bicyclic) bond motifs is 1. The van der Waals surface area contributed by atoms with E-state index < -0.39 is 0 Å². The van der Waals surface area contributed by atoms with Crippen molar-refractivity contribution in [3.8, 4) is 17.1 Å². The van der Waals surface area contributed by atoms with Crippen LogP contribution in [0.4, 0.5) is 0 Å². The van der Waals surface area contributed by atoms with Crippen molar-refractivity contribution in [1.29, 1.82) is 0 Å². The fraction of sp³-hybridized carbons (Fsp3) is 0.125. The van der Waals surface area contributed by atoms with Gasteiger partial charge in [-0.15, -0.1) is 0 Å². The number of carbonyl (C=O) groups excluding carboxylic acids is 1. The molecule has 0 aliphatic heterocycles. The highest BCUT2D eigenvalue weighted by atomic mass is 16.5. The van der Waals surface area contributed by atoms with Crippen LogP contribution < -0.4 is 4.74 Å². The molecule has 3 aromatic rings. The summed E-state index contributed by atoms with van der Waals surface area (Å²) in [4.78, 5) is 15.5. The van der Waals surface area contributed by atoms with Gasteiger partial charge in [-0.3, -0.25) is 4.79 Å². The van der Waals surface area contributed by atoms with Crippen molar-refractivity contribution in [3.05, 3.63) is 48.0 Å². The van der Waals surface area contributed by atoms with E-state index in [1.165, 1.54) is 0 Å². The maximum Gasteiger partial charge on any atom is 0.150 e. The second-order valence-corrected chi connectivity index (χ2v) is 4.59. The molecular weight excluding hydrogens is 252 g/mol. The molecule has 0 radical (unpaired) electrons. The van der Waals surface area contributed by atoms with Crippen LogP contribution in [0, 0.1) is 0 Å². The number of hydrogen-bond acceptors (Lipinski definition) is 3. The Morgan fingerprint density at radius 2 is 1.90 bits per heavy atom. The van der Waals surface area contributed by atoms with Gasteiger partial charge in [-0.25, -0.2) is 4.98 Å². The summed E-state index contributed by atoms with van der Waals surface area (Å²) in [5.41, 5.74) is 3.49. The number of methoxy groups -OCH3 is 1. The zero-order chi connectivity index (χ0) is 14.1. The van der Waals surface area contributed by atoms with Crippen LogP contribution in [-0.2, 0) is 7.05 Å². The highest BCUT2D eigenvalue weighted by molar-refractivity contribution is 5.87. The van der Waals surface area contributed by atoms with Gasteiger partial charge < -0.3 is 9.30 Å². The molecule has 0 saturated heterocycles. The Labute approximate surface area is 116 Å². The van der Waals surface area contributed by atoms with Crippen molar-refractivity contribution in [2.45, 2.75) is 0 Å². The molecule has 0 aliphatic rings. The van der Waals surface area contributed by atoms with Gasteiger partial charge in [-0.1, -0.05) is 0 Å². The summed E-state index contributed by atoms with van der Waals surface area (Å²) >= 11 is 0. The van der Waals surface area contributed by atoms with Crippen molar-refractivity contribution in [2.24, 2.45) is 7.05 Å². The predicted octanol–water partition coefficient (Wildman–Crippen LogP) is 3.06. The number of hydrogen-bond donors (Lipinski definition) is 0. The Kier molecular flexibility index (Phi) is 2.99. The zero-order valence-electron chi connectivity index (χ0n) is 11.3. The van der Waals surface area contributed by atoms with E-state index in [9.17, 15) is 4.79 Å². The maximum absolute atomic E-state index is 10.9. The number of nitrogens with zero attached hydrogens (tertiary/aromatic N) is 2. The quantitative estimate of drug-likeness (QED) is 0.684. The lowest BCUT2D eigenvalue weighted by molar-refractivity contribution is 0.112. The minimum atomic E-state index is 0.654. The van der Waals surface area contributed by atoms with Gasteiger partial charge in [-0.2, -0.15) is 0 Å². The molecule has 0 N–H and O–H groups in total. The van der Waals surface area contributed by atoms with Crippen LogP contribution in [0.15, 0.2) is 42.5 Å². The number of aldehydes is 1. The number of aromatic nitrogens is 2. The molecule has 0 unspecified atom stereocenters. The molecule has 100 valence electrons. The maximum atomic E-state index is 10.9. The fourth-order valence-electron chi connectivity index (χ4n) is 2.28. The summed E-state index contributed by atoms with van der Waals surface area (Å²) in [5.74, 6) is 1.68. The molecule has 3 rings (SSSR count). The first-order valence-electron chi connectivity index (χ1n) is 6.29. The minimum Gasteiger partial charge on any atom is -0.497 e. The van der Waals surface area contributed by atoms with Crippen LogP contribution in [0.2, 0.25) is 0 Å². The van der Waals surface area contributed by atoms with Gasteiger partial charge in [0.1, 0.15) is 17.9 Å². The lowest BCUT2D eigenvalue weighted by Crippen LogP contribution is -1.93. The molecular formula is C16H14N2O2. The van der Waals surface area contributed by atoms with Crippen LogP contribution in [0.25, 0.3) is 22.4 Å². The summed E-state index contributed by atoms with van der Waals surface area (Å²) in [6.45, 7) is 0. The van der Waals surface area contributed by atoms with Gasteiger partial charge in [-0.05, 0) is 42.5 Å². The topological polar surface area (TPSA) is 44.1 Å². The van der Waals surface area contributed by atoms with Crippen molar-refractivity contribution in [2.75, 3.05) is 7.11 Å². The van der Waals surface area contributed by atoms with Crippen LogP contribution in [-0.4, -0.2) is 22.9 Å². The lowest BCUT2D eigenvalue weighted by Gasteiger charge is -2.04. The molecule has 0 amide bonds. The Balaban J connectivity index is 2.15. The summed E-state index contributed by atoms with van der Waals surface area (Å²) < 4.78 is 7.15. The number of benzene rings is 2. The minimum absolute atomic E-state index is 0.654. The SMILES string of the molecule is COc1ccc(-c2nc3ccc(C=O)cc3n2C)cc1. The van der Waals surface area contributed by atoms with Crippen LogP contribution in [0.5, 0.6) is 5.75 Å². The normalized spacial score (nSPS) is 10.7. The lowest BCUT2D eigenvalue weighted by atomic mass is 10.2. The molecule has 4 heteroatoms. The second kappa shape index (κ2) is 4.81. The smallest absolute Gasteiger partial charge is 0.150 e. The Morgan fingerprint density at radius 3 is 2.55 bits per heavy atom. The molecule has 1 aromatic heterocycles. The Morgan fingerprint density at radius 1 is 1.15 bits per heavy atom. The second-order valence-electron chi connectivity index (χ2n) is 4.59. The van der Waals surface area contributed by atoms with Crippen molar-refractivity contribution in [1.82, 2.24) is 9.55 Å². The van der Waals surface area contributed by atoms with Crippen molar-refractivity contribution < 1.29 is 9.53 Å². The summed E-state index contributed by atoms with van der Waals surface area (Å²) in [5, 5.41) is 0. The van der Waals surface area contributed by atoms with E-state index in [0.29, 0.717) is 5.56 Å². The van der Waals surface area contributed by atoms with Crippen molar-refractivity contribution >= 4 is 17.3 Å². The van der Waals surface area contributed by atoms with Gasteiger partial charge in [0.25, 0.3) is 0 Å². The van der Waals surface area contributed by atoms with E-state index >= 15 is 0 Å². The van der Waals surface area contributed by atoms with E-state index in [1.54, 1.807) is 13.2 Å². The summed E-state index contributed by atoms with van der Waals surface area (Å²) in [6.07, 6.45) is 0.847. The van der Waals surface area contributed by atoms with E-state index in [4.69, 9.17) is 4.74 Å². The standard InChI is InChI=1S/C16H14N2O2/c1-18-15-9-11(10-19)3-8-14(15)17-16(18)12-4-6-13(20-2)7-5-12/h3-10H,1-2H3. The number of aryl methyl sites for hydroxylation is 1. The fourth-order valence-corrected chi connectivity index (χ4v) is 2.28. The monoisotopic (exact) mass is 266 g/mol. The molecule has 0 saturated carbocycles. The first-order chi connectivity index (χ1) is 9.72. The third-order valence-corrected chi connectivity index (χ3v) is 3.39. The van der Waals surface area contributed by atoms with Gasteiger partial charge >= 0.3 is 0 Å². The van der Waals surface area contributed by atoms with Gasteiger partial charge in [0.15, 0.2) is 0 Å². The summed E-state index contributed by atoms with van der Waals surface area (Å²) in [6, 6.07) is 13.3. The first kappa shape index (κ1) is 12.4. The molecule has 0 spiro atoms. The molecule has 0 fully saturated rings. The molecule has 20 heavy (non-hydrogen) atoms. The number of imidazole rings is 1. The Bertz CT molecular complexity index is 773. The number of ether oxygens (including phenoxy) is 1. The van der Waals surface area contributed by atoms with E-state index in [0.717, 1.165) is 34.5 Å². The first-order valence-corrected chi connectivity index (χ1v) is 6.29. The summed E-state index contributed by atoms with van der Waals surface area (Å²) in [7, 11) is 3.59. The average molecular weight is 266 g/mol. The largest absolute Gasteiger partial charge is 0.497 e. The third-order valence-electron chi connectivity index (χ3n) is 3.39. The van der Waals surface area contributed by atoms with Crippen LogP contribution in [0.1, 0.15) is 10.4 Å². The van der Waals surface area contributed by atoms with Gasteiger partial charge in [0.05, 0.1) is 18.1 Å². The van der Waals surface area contributed by atoms with Gasteiger partial charge in [0, 0.05) is 18.2 Å². The van der Waals surface area contributed by atoms with E-state index in [2.05, 4.69) is 4.98 Å². The van der Waals surface area contributed by atoms with E-state index in [1.807, 2.05) is 48.0 Å². The third kappa shape index (κ3) is 1.95. The highest BCUT2D eigenvalue weighted by Gasteiger charge is 2.10. The molecule has 2 aromatic carbocycles. The number of rotatable bonds is 3. The zero-order valence-corrected chi connectivity index (χ0v) is 11.3. The molecule has 0 bridgehead atoms. The van der Waals surface area contributed by atoms with Crippen LogP contribution in [0.3, 0.4) is 0 Å². The molecule has 0 atom stereocenters.